The molecule has 1 N–H and O–H groups in total. The second kappa shape index (κ2) is 7.98. The smallest absolute Gasteiger partial charge is 0.329 e. The Balaban J connectivity index is 2.31. The number of aryl methyl sites for hydroxylation is 1. The van der Waals surface area contributed by atoms with Crippen LogP contribution >= 0.6 is 0 Å². The highest BCUT2D eigenvalue weighted by Gasteiger charge is 2.11. The molecule has 0 heterocycles. The highest BCUT2D eigenvalue weighted by atomic mass is 16.4. The fourth-order valence-corrected chi connectivity index (χ4v) is 2.65. The number of carbonyl (C=O) groups is 1. The molecule has 2 aromatic carbocycles. The molecule has 0 aliphatic carbocycles. The predicted molar refractivity (Wildman–Crippen MR) is 95.6 cm³/mol. The van der Waals surface area contributed by atoms with Crippen molar-refractivity contribution < 1.29 is 9.90 Å². The molecular weight excluding hydrogens is 300 g/mol. The lowest BCUT2D eigenvalue weighted by atomic mass is 10.0. The lowest BCUT2D eigenvalue weighted by Gasteiger charge is -2.25. The summed E-state index contributed by atoms with van der Waals surface area (Å²) < 4.78 is 0. The highest BCUT2D eigenvalue weighted by molar-refractivity contribution is 5.94. The number of allylic oxidation sites excluding steroid dienone is 1. The molecule has 2 rings (SSSR count). The van der Waals surface area contributed by atoms with Crippen LogP contribution in [0.4, 0.5) is 5.69 Å². The zero-order chi connectivity index (χ0) is 17.5. The highest BCUT2D eigenvalue weighted by Crippen LogP contribution is 2.26. The first-order chi connectivity index (χ1) is 11.5. The molecule has 0 fully saturated rings. The maximum Gasteiger partial charge on any atom is 0.329 e. The molecule has 4 heteroatoms. The molecule has 122 valence electrons. The Morgan fingerprint density at radius 1 is 1.25 bits per heavy atom. The van der Waals surface area contributed by atoms with Gasteiger partial charge in [0.2, 0.25) is 0 Å². The van der Waals surface area contributed by atoms with E-state index in [2.05, 4.69) is 24.0 Å². The first-order valence-electron chi connectivity index (χ1n) is 7.79. The van der Waals surface area contributed by atoms with Gasteiger partial charge in [0, 0.05) is 24.9 Å². The van der Waals surface area contributed by atoms with Gasteiger partial charge >= 0.3 is 5.97 Å². The average Bonchev–Trinajstić information content (AvgIpc) is 2.58. The van der Waals surface area contributed by atoms with Gasteiger partial charge in [0.25, 0.3) is 0 Å². The van der Waals surface area contributed by atoms with Crippen molar-refractivity contribution in [3.8, 4) is 6.07 Å². The minimum atomic E-state index is -1.12. The number of carboxylic acid groups (broad SMARTS) is 1. The van der Waals surface area contributed by atoms with Crippen molar-refractivity contribution in [1.82, 2.24) is 0 Å². The number of nitriles is 1. The van der Waals surface area contributed by atoms with Crippen LogP contribution in [0.2, 0.25) is 0 Å². The number of aliphatic carboxylic acids is 1. The predicted octanol–water partition coefficient (Wildman–Crippen LogP) is 4.01. The van der Waals surface area contributed by atoms with Crippen LogP contribution in [0, 0.1) is 18.3 Å². The molecule has 0 bridgehead atoms. The van der Waals surface area contributed by atoms with Crippen LogP contribution in [0.1, 0.15) is 23.6 Å². The largest absolute Gasteiger partial charge is 0.478 e. The van der Waals surface area contributed by atoms with Gasteiger partial charge in [0.1, 0.15) is 6.07 Å². The number of rotatable bonds is 6. The number of anilines is 1. The summed E-state index contributed by atoms with van der Waals surface area (Å²) in [6.07, 6.45) is 0.940. The Labute approximate surface area is 142 Å². The summed E-state index contributed by atoms with van der Waals surface area (Å²) in [5.74, 6) is -1.12. The summed E-state index contributed by atoms with van der Waals surface area (Å²) in [6.45, 7) is 5.72. The van der Waals surface area contributed by atoms with Crippen LogP contribution in [0.3, 0.4) is 0 Å². The summed E-state index contributed by atoms with van der Waals surface area (Å²) >= 11 is 0. The molecule has 24 heavy (non-hydrogen) atoms. The van der Waals surface area contributed by atoms with E-state index in [-0.39, 0.29) is 5.57 Å². The molecule has 0 aliphatic heterocycles. The van der Waals surface area contributed by atoms with Crippen LogP contribution in [0.25, 0.3) is 5.57 Å². The van der Waals surface area contributed by atoms with Crippen molar-refractivity contribution in [3.63, 3.8) is 0 Å². The fourth-order valence-electron chi connectivity index (χ4n) is 2.65. The quantitative estimate of drug-likeness (QED) is 0.645. The molecule has 0 atom stereocenters. The van der Waals surface area contributed by atoms with E-state index in [0.717, 1.165) is 30.4 Å². The van der Waals surface area contributed by atoms with Crippen LogP contribution in [0.5, 0.6) is 0 Å². The van der Waals surface area contributed by atoms with Crippen LogP contribution in [-0.2, 0) is 11.3 Å². The topological polar surface area (TPSA) is 64.3 Å². The maximum absolute atomic E-state index is 10.8. The molecule has 0 spiro atoms. The Morgan fingerprint density at radius 2 is 1.96 bits per heavy atom. The molecule has 2 aromatic rings. The first kappa shape index (κ1) is 17.3. The van der Waals surface area contributed by atoms with E-state index in [4.69, 9.17) is 10.4 Å². The third kappa shape index (κ3) is 4.23. The zero-order valence-electron chi connectivity index (χ0n) is 13.9. The second-order valence-corrected chi connectivity index (χ2v) is 5.51. The number of hydrogen-bond donors (Lipinski definition) is 1. The molecule has 4 nitrogen and oxygen atoms in total. The maximum atomic E-state index is 10.8. The fraction of sp³-hybridized carbons (Fsp3) is 0.200. The summed E-state index contributed by atoms with van der Waals surface area (Å²) in [5, 5.41) is 18.0. The van der Waals surface area contributed by atoms with E-state index in [1.54, 1.807) is 6.07 Å². The minimum absolute atomic E-state index is 0.156. The van der Waals surface area contributed by atoms with Gasteiger partial charge in [-0.15, -0.1) is 0 Å². The van der Waals surface area contributed by atoms with Gasteiger partial charge in [-0.3, -0.25) is 0 Å². The Bertz CT molecular complexity index is 789. The van der Waals surface area contributed by atoms with Crippen LogP contribution < -0.4 is 4.90 Å². The lowest BCUT2D eigenvalue weighted by molar-refractivity contribution is -0.131. The Kier molecular flexibility index (Phi) is 5.75. The Hall–Kier alpha value is -3.06. The lowest BCUT2D eigenvalue weighted by Crippen LogP contribution is -2.22. The van der Waals surface area contributed by atoms with E-state index >= 15 is 0 Å². The van der Waals surface area contributed by atoms with Gasteiger partial charge in [0.15, 0.2) is 0 Å². The van der Waals surface area contributed by atoms with Crippen molar-refractivity contribution in [3.05, 3.63) is 71.3 Å². The number of benzene rings is 2. The summed E-state index contributed by atoms with van der Waals surface area (Å²) in [7, 11) is 0. The van der Waals surface area contributed by atoms with Crippen molar-refractivity contribution >= 4 is 17.2 Å². The van der Waals surface area contributed by atoms with E-state index in [1.807, 2.05) is 43.3 Å². The standard InChI is InChI=1S/C20H20N2O2/c1-3-22(14-16-7-5-4-6-8-16)19-10-9-17(11-15(19)2)18(13-21)12-20(23)24/h4-12H,3,14H2,1-2H3,(H,23,24). The molecule has 0 saturated carbocycles. The van der Waals surface area contributed by atoms with E-state index < -0.39 is 5.97 Å². The zero-order valence-corrected chi connectivity index (χ0v) is 13.9. The SMILES string of the molecule is CCN(Cc1ccccc1)c1ccc(C(C#N)=CC(=O)O)cc1C. The van der Waals surface area contributed by atoms with Crippen LogP contribution in [0.15, 0.2) is 54.6 Å². The third-order valence-corrected chi connectivity index (χ3v) is 3.83. The third-order valence-electron chi connectivity index (χ3n) is 3.83. The van der Waals surface area contributed by atoms with Gasteiger partial charge in [-0.05, 0) is 42.7 Å². The number of nitrogens with zero attached hydrogens (tertiary/aromatic N) is 2. The summed E-state index contributed by atoms with van der Waals surface area (Å²) in [4.78, 5) is 13.1. The van der Waals surface area contributed by atoms with Crippen LogP contribution in [-0.4, -0.2) is 17.6 Å². The minimum Gasteiger partial charge on any atom is -0.478 e. The summed E-state index contributed by atoms with van der Waals surface area (Å²) in [6, 6.07) is 17.8. The van der Waals surface area contributed by atoms with Gasteiger partial charge < -0.3 is 10.0 Å². The van der Waals surface area contributed by atoms with Gasteiger partial charge in [-0.25, -0.2) is 4.79 Å². The monoisotopic (exact) mass is 320 g/mol. The molecule has 0 aromatic heterocycles. The Morgan fingerprint density at radius 3 is 2.50 bits per heavy atom. The van der Waals surface area contributed by atoms with Gasteiger partial charge in [-0.1, -0.05) is 36.4 Å². The summed E-state index contributed by atoms with van der Waals surface area (Å²) in [5.41, 5.74) is 4.10. The second-order valence-electron chi connectivity index (χ2n) is 5.51. The first-order valence-corrected chi connectivity index (χ1v) is 7.79. The van der Waals surface area contributed by atoms with Crippen molar-refractivity contribution in [2.45, 2.75) is 20.4 Å². The van der Waals surface area contributed by atoms with Crippen molar-refractivity contribution in [2.75, 3.05) is 11.4 Å². The normalized spacial score (nSPS) is 11.0. The molecular formula is C20H20N2O2. The van der Waals surface area contributed by atoms with Crippen molar-refractivity contribution in [1.29, 1.82) is 5.26 Å². The number of carboxylic acids is 1. The average molecular weight is 320 g/mol. The van der Waals surface area contributed by atoms with E-state index in [1.165, 1.54) is 5.56 Å². The van der Waals surface area contributed by atoms with Gasteiger partial charge in [-0.2, -0.15) is 5.26 Å². The number of hydrogen-bond acceptors (Lipinski definition) is 3. The van der Waals surface area contributed by atoms with Crippen molar-refractivity contribution in [2.24, 2.45) is 0 Å². The molecule has 0 radical (unpaired) electrons. The molecule has 0 amide bonds. The van der Waals surface area contributed by atoms with E-state index in [9.17, 15) is 4.79 Å². The molecule has 0 saturated heterocycles. The van der Waals surface area contributed by atoms with Gasteiger partial charge in [0.05, 0.1) is 5.57 Å². The van der Waals surface area contributed by atoms with E-state index in [0.29, 0.717) is 5.56 Å². The molecule has 0 unspecified atom stereocenters. The molecule has 0 aliphatic rings.